The van der Waals surface area contributed by atoms with Crippen LogP contribution in [-0.2, 0) is 0 Å². The van der Waals surface area contributed by atoms with Crippen LogP contribution in [0.15, 0.2) is 0 Å². The van der Waals surface area contributed by atoms with Gasteiger partial charge >= 0.3 is 0 Å². The molecule has 4 heteroatoms. The van der Waals surface area contributed by atoms with Crippen molar-refractivity contribution in [2.75, 3.05) is 13.6 Å². The molecule has 1 rings (SSSR count). The number of nitrogens with one attached hydrogen (secondary N) is 2. The predicted molar refractivity (Wildman–Crippen MR) is 31.1 cm³/mol. The largest absolute Gasteiger partial charge is 0.296 e. The molecule has 1 fully saturated rings. The Balaban J connectivity index is 2.40. The summed E-state index contributed by atoms with van der Waals surface area (Å²) in [5.74, 6) is 0. The lowest BCUT2D eigenvalue weighted by molar-refractivity contribution is 0.370. The van der Waals surface area contributed by atoms with E-state index in [9.17, 15) is 0 Å². The van der Waals surface area contributed by atoms with Gasteiger partial charge in [-0.3, -0.25) is 5.41 Å². The molecule has 2 N–H and O–H groups in total. The van der Waals surface area contributed by atoms with Crippen molar-refractivity contribution >= 4 is 17.0 Å². The van der Waals surface area contributed by atoms with E-state index in [1.165, 1.54) is 11.9 Å². The summed E-state index contributed by atoms with van der Waals surface area (Å²) >= 11 is 1.36. The van der Waals surface area contributed by atoms with E-state index in [0.29, 0.717) is 5.04 Å². The fourth-order valence-corrected chi connectivity index (χ4v) is 1.00. The van der Waals surface area contributed by atoms with Crippen molar-refractivity contribution in [3.05, 3.63) is 0 Å². The standard InChI is InChI=1S/C3H7N3S/c1-6-2-3(4)7-5-6/h4-5H,2H2,1H3. The van der Waals surface area contributed by atoms with Gasteiger partial charge in [0.25, 0.3) is 0 Å². The molecule has 0 atom stereocenters. The van der Waals surface area contributed by atoms with Gasteiger partial charge in [0.1, 0.15) is 0 Å². The molecule has 0 saturated carbocycles. The summed E-state index contributed by atoms with van der Waals surface area (Å²) in [6.07, 6.45) is 0. The quantitative estimate of drug-likeness (QED) is 0.441. The van der Waals surface area contributed by atoms with Gasteiger partial charge in [-0.05, 0) is 11.9 Å². The van der Waals surface area contributed by atoms with Gasteiger partial charge in [0.15, 0.2) is 0 Å². The molecule has 1 aliphatic heterocycles. The van der Waals surface area contributed by atoms with Gasteiger partial charge in [-0.1, -0.05) is 0 Å². The highest BCUT2D eigenvalue weighted by Crippen LogP contribution is 2.05. The zero-order valence-electron chi connectivity index (χ0n) is 4.06. The highest BCUT2D eigenvalue weighted by atomic mass is 32.2. The van der Waals surface area contributed by atoms with Crippen molar-refractivity contribution in [2.45, 2.75) is 0 Å². The lowest BCUT2D eigenvalue weighted by Gasteiger charge is -2.00. The minimum Gasteiger partial charge on any atom is -0.296 e. The van der Waals surface area contributed by atoms with Crippen molar-refractivity contribution in [1.29, 1.82) is 5.41 Å². The monoisotopic (exact) mass is 117 g/mol. The molecule has 1 saturated heterocycles. The maximum absolute atomic E-state index is 7.04. The van der Waals surface area contributed by atoms with E-state index in [2.05, 4.69) is 4.83 Å². The van der Waals surface area contributed by atoms with Gasteiger partial charge in [-0.15, -0.1) is 0 Å². The Bertz CT molecular complexity index is 92.2. The topological polar surface area (TPSA) is 39.1 Å². The van der Waals surface area contributed by atoms with Crippen LogP contribution in [0, 0.1) is 5.41 Å². The molecule has 0 aromatic carbocycles. The Morgan fingerprint density at radius 1 is 2.00 bits per heavy atom. The maximum atomic E-state index is 7.04. The third kappa shape index (κ3) is 1.15. The maximum Gasteiger partial charge on any atom is 0.0960 e. The van der Waals surface area contributed by atoms with Gasteiger partial charge in [0.2, 0.25) is 0 Å². The number of hydrogen-bond acceptors (Lipinski definition) is 4. The molecule has 0 amide bonds. The lowest BCUT2D eigenvalue weighted by Crippen LogP contribution is -2.22. The number of nitrogens with zero attached hydrogens (tertiary/aromatic N) is 1. The molecule has 40 valence electrons. The highest BCUT2D eigenvalue weighted by molar-refractivity contribution is 8.12. The summed E-state index contributed by atoms with van der Waals surface area (Å²) in [7, 11) is 1.91. The second-order valence-corrected chi connectivity index (χ2v) is 2.35. The minimum absolute atomic E-state index is 0.683. The van der Waals surface area contributed by atoms with Crippen LogP contribution < -0.4 is 4.83 Å². The zero-order valence-corrected chi connectivity index (χ0v) is 4.88. The van der Waals surface area contributed by atoms with E-state index >= 15 is 0 Å². The molecule has 0 unspecified atom stereocenters. The first-order valence-corrected chi connectivity index (χ1v) is 2.82. The van der Waals surface area contributed by atoms with Gasteiger partial charge < -0.3 is 0 Å². The van der Waals surface area contributed by atoms with Crippen molar-refractivity contribution < 1.29 is 0 Å². The first-order valence-electron chi connectivity index (χ1n) is 2.00. The number of hydrazine groups is 1. The molecule has 3 nitrogen and oxygen atoms in total. The fraction of sp³-hybridized carbons (Fsp3) is 0.667. The predicted octanol–water partition coefficient (Wildman–Crippen LogP) is 0.0619. The molecule has 1 aliphatic rings. The van der Waals surface area contributed by atoms with Gasteiger partial charge in [-0.25, -0.2) is 5.01 Å². The Morgan fingerprint density at radius 2 is 2.71 bits per heavy atom. The van der Waals surface area contributed by atoms with Crippen LogP contribution in [0.25, 0.3) is 0 Å². The van der Waals surface area contributed by atoms with E-state index in [1.807, 2.05) is 12.1 Å². The second kappa shape index (κ2) is 1.81. The Morgan fingerprint density at radius 3 is 2.86 bits per heavy atom. The molecular weight excluding hydrogens is 110 g/mol. The van der Waals surface area contributed by atoms with E-state index in [1.54, 1.807) is 0 Å². The Kier molecular flexibility index (Phi) is 1.32. The summed E-state index contributed by atoms with van der Waals surface area (Å²) in [5.41, 5.74) is 0. The van der Waals surface area contributed by atoms with Crippen LogP contribution >= 0.6 is 11.9 Å². The van der Waals surface area contributed by atoms with Crippen molar-refractivity contribution in [1.82, 2.24) is 9.84 Å². The zero-order chi connectivity index (χ0) is 5.28. The summed E-state index contributed by atoms with van der Waals surface area (Å²) in [4.78, 5) is 2.89. The van der Waals surface area contributed by atoms with E-state index in [-0.39, 0.29) is 0 Å². The summed E-state index contributed by atoms with van der Waals surface area (Å²) in [5, 5.41) is 9.59. The van der Waals surface area contributed by atoms with E-state index < -0.39 is 0 Å². The molecular formula is C3H7N3S. The van der Waals surface area contributed by atoms with Crippen LogP contribution in [0.4, 0.5) is 0 Å². The van der Waals surface area contributed by atoms with Crippen molar-refractivity contribution in [2.24, 2.45) is 0 Å². The minimum atomic E-state index is 0.683. The van der Waals surface area contributed by atoms with E-state index in [0.717, 1.165) is 6.54 Å². The highest BCUT2D eigenvalue weighted by Gasteiger charge is 2.10. The van der Waals surface area contributed by atoms with Crippen LogP contribution in [0.5, 0.6) is 0 Å². The normalized spacial score (nSPS) is 23.9. The number of hydrogen-bond donors (Lipinski definition) is 2. The molecule has 0 bridgehead atoms. The lowest BCUT2D eigenvalue weighted by atomic mass is 10.7. The third-order valence-electron chi connectivity index (χ3n) is 0.705. The average Bonchev–Trinajstić information content (AvgIpc) is 1.87. The first kappa shape index (κ1) is 5.08. The van der Waals surface area contributed by atoms with E-state index in [4.69, 9.17) is 5.41 Å². The van der Waals surface area contributed by atoms with Crippen LogP contribution in [0.2, 0.25) is 0 Å². The smallest absolute Gasteiger partial charge is 0.0960 e. The van der Waals surface area contributed by atoms with Crippen LogP contribution in [0.3, 0.4) is 0 Å². The Labute approximate surface area is 46.7 Å². The first-order chi connectivity index (χ1) is 3.29. The second-order valence-electron chi connectivity index (χ2n) is 1.47. The molecule has 0 spiro atoms. The SMILES string of the molecule is CN1CC(=N)SN1. The molecule has 0 aromatic heterocycles. The van der Waals surface area contributed by atoms with Crippen molar-refractivity contribution in [3.63, 3.8) is 0 Å². The van der Waals surface area contributed by atoms with Gasteiger partial charge in [0, 0.05) is 7.05 Å². The third-order valence-corrected chi connectivity index (χ3v) is 1.48. The van der Waals surface area contributed by atoms with Gasteiger partial charge in [0.05, 0.1) is 11.6 Å². The van der Waals surface area contributed by atoms with Crippen LogP contribution in [-0.4, -0.2) is 23.6 Å². The van der Waals surface area contributed by atoms with Gasteiger partial charge in [-0.2, -0.15) is 4.83 Å². The fourth-order valence-electron chi connectivity index (χ4n) is 0.413. The average molecular weight is 117 g/mol. The molecule has 1 heterocycles. The molecule has 7 heavy (non-hydrogen) atoms. The Hall–Kier alpha value is -0.0600. The molecule has 0 aromatic rings. The summed E-state index contributed by atoms with van der Waals surface area (Å²) < 4.78 is 0. The van der Waals surface area contributed by atoms with Crippen LogP contribution in [0.1, 0.15) is 0 Å². The molecule has 0 aliphatic carbocycles. The number of rotatable bonds is 0. The summed E-state index contributed by atoms with van der Waals surface area (Å²) in [6.45, 7) is 0.741. The van der Waals surface area contributed by atoms with Crippen molar-refractivity contribution in [3.8, 4) is 0 Å². The summed E-state index contributed by atoms with van der Waals surface area (Å²) in [6, 6.07) is 0. The molecule has 0 radical (unpaired) electrons.